The summed E-state index contributed by atoms with van der Waals surface area (Å²) < 4.78 is 0. The van der Waals surface area contributed by atoms with E-state index in [2.05, 4.69) is 5.32 Å². The summed E-state index contributed by atoms with van der Waals surface area (Å²) in [6.07, 6.45) is -0.0458. The molecule has 26 heavy (non-hydrogen) atoms. The number of carboxylic acid groups (broad SMARTS) is 1. The second-order valence-corrected chi connectivity index (χ2v) is 6.72. The zero-order chi connectivity index (χ0) is 19.0. The molecule has 1 fully saturated rings. The normalized spacial score (nSPS) is 16.9. The van der Waals surface area contributed by atoms with Gasteiger partial charge in [0.1, 0.15) is 6.04 Å². The number of benzene rings is 2. The number of carboxylic acids is 1. The SMILES string of the molecule is Cc1ccc(C(=O)O)cc1N1C(=O)C[C@H](Nc2ccc(Cl)c(Cl)c2)C1=O. The molecule has 0 saturated carbocycles. The van der Waals surface area contributed by atoms with Gasteiger partial charge in [0.15, 0.2) is 0 Å². The minimum atomic E-state index is -1.13. The van der Waals surface area contributed by atoms with Crippen molar-refractivity contribution in [2.75, 3.05) is 10.2 Å². The van der Waals surface area contributed by atoms with Crippen molar-refractivity contribution >= 4 is 52.4 Å². The Balaban J connectivity index is 1.88. The summed E-state index contributed by atoms with van der Waals surface area (Å²) in [5.74, 6) is -1.99. The lowest BCUT2D eigenvalue weighted by Gasteiger charge is -2.18. The molecule has 1 heterocycles. The summed E-state index contributed by atoms with van der Waals surface area (Å²) in [6.45, 7) is 1.71. The number of carbonyl (C=O) groups is 3. The fourth-order valence-electron chi connectivity index (χ4n) is 2.77. The fraction of sp³-hybridized carbons (Fsp3) is 0.167. The molecule has 2 aromatic carbocycles. The predicted molar refractivity (Wildman–Crippen MR) is 99.1 cm³/mol. The minimum absolute atomic E-state index is 0.00657. The molecule has 2 aromatic rings. The summed E-state index contributed by atoms with van der Waals surface area (Å²) in [5, 5.41) is 12.8. The third kappa shape index (κ3) is 3.38. The van der Waals surface area contributed by atoms with Crippen LogP contribution in [0.25, 0.3) is 0 Å². The molecule has 0 unspecified atom stereocenters. The standard InChI is InChI=1S/C18H14Cl2N2O4/c1-9-2-3-10(18(25)26)6-15(9)22-16(23)8-14(17(22)24)21-11-4-5-12(19)13(20)7-11/h2-7,14,21H,8H2,1H3,(H,25,26)/t14-/m0/s1. The number of imide groups is 1. The smallest absolute Gasteiger partial charge is 0.335 e. The lowest BCUT2D eigenvalue weighted by molar-refractivity contribution is -0.121. The van der Waals surface area contributed by atoms with E-state index in [4.69, 9.17) is 28.3 Å². The minimum Gasteiger partial charge on any atom is -0.478 e. The van der Waals surface area contributed by atoms with Crippen LogP contribution in [0.1, 0.15) is 22.3 Å². The summed E-state index contributed by atoms with van der Waals surface area (Å²) in [5.41, 5.74) is 1.47. The largest absolute Gasteiger partial charge is 0.478 e. The molecule has 1 aliphatic heterocycles. The predicted octanol–water partition coefficient (Wildman–Crippen LogP) is 3.74. The van der Waals surface area contributed by atoms with Crippen molar-refractivity contribution in [3.8, 4) is 0 Å². The Bertz CT molecular complexity index is 929. The molecule has 0 spiro atoms. The molecule has 1 atom stereocenters. The first-order chi connectivity index (χ1) is 12.3. The average Bonchev–Trinajstić information content (AvgIpc) is 2.85. The van der Waals surface area contributed by atoms with Crippen LogP contribution >= 0.6 is 23.2 Å². The summed E-state index contributed by atoms with van der Waals surface area (Å²) in [4.78, 5) is 37.4. The van der Waals surface area contributed by atoms with Crippen molar-refractivity contribution in [2.45, 2.75) is 19.4 Å². The molecule has 8 heteroatoms. The molecule has 3 rings (SSSR count). The van der Waals surface area contributed by atoms with Gasteiger partial charge in [0, 0.05) is 5.69 Å². The maximum absolute atomic E-state index is 12.7. The molecule has 2 amide bonds. The summed E-state index contributed by atoms with van der Waals surface area (Å²) >= 11 is 11.8. The molecule has 1 aliphatic rings. The van der Waals surface area contributed by atoms with Crippen molar-refractivity contribution in [3.05, 3.63) is 57.6 Å². The molecule has 0 radical (unpaired) electrons. The van der Waals surface area contributed by atoms with E-state index < -0.39 is 23.8 Å². The van der Waals surface area contributed by atoms with Crippen LogP contribution in [0.2, 0.25) is 10.0 Å². The molecule has 1 saturated heterocycles. The van der Waals surface area contributed by atoms with Crippen LogP contribution in [0.5, 0.6) is 0 Å². The van der Waals surface area contributed by atoms with Gasteiger partial charge in [-0.2, -0.15) is 0 Å². The average molecular weight is 393 g/mol. The van der Waals surface area contributed by atoms with Crippen molar-refractivity contribution < 1.29 is 19.5 Å². The maximum Gasteiger partial charge on any atom is 0.335 e. The van der Waals surface area contributed by atoms with E-state index >= 15 is 0 Å². The maximum atomic E-state index is 12.7. The van der Waals surface area contributed by atoms with E-state index in [1.807, 2.05) is 0 Å². The number of amides is 2. The first-order valence-corrected chi connectivity index (χ1v) is 8.46. The quantitative estimate of drug-likeness (QED) is 0.773. The molecule has 0 aromatic heterocycles. The van der Waals surface area contributed by atoms with Crippen LogP contribution in [0.3, 0.4) is 0 Å². The number of rotatable bonds is 4. The fourth-order valence-corrected chi connectivity index (χ4v) is 3.07. The molecule has 0 aliphatic carbocycles. The monoisotopic (exact) mass is 392 g/mol. The van der Waals surface area contributed by atoms with Gasteiger partial charge in [-0.1, -0.05) is 29.3 Å². The van der Waals surface area contributed by atoms with Crippen molar-refractivity contribution in [1.82, 2.24) is 0 Å². The van der Waals surface area contributed by atoms with E-state index in [0.717, 1.165) is 4.90 Å². The lowest BCUT2D eigenvalue weighted by Crippen LogP contribution is -2.35. The van der Waals surface area contributed by atoms with Crippen LogP contribution in [-0.2, 0) is 9.59 Å². The first kappa shape index (κ1) is 18.2. The van der Waals surface area contributed by atoms with Gasteiger partial charge in [0.2, 0.25) is 5.91 Å². The number of hydrogen-bond acceptors (Lipinski definition) is 4. The molecule has 6 nitrogen and oxygen atoms in total. The Morgan fingerprint density at radius 3 is 2.54 bits per heavy atom. The molecular weight excluding hydrogens is 379 g/mol. The highest BCUT2D eigenvalue weighted by Crippen LogP contribution is 2.30. The Kier molecular flexibility index (Phi) is 4.89. The van der Waals surface area contributed by atoms with Gasteiger partial charge in [-0.05, 0) is 42.8 Å². The van der Waals surface area contributed by atoms with Crippen molar-refractivity contribution in [1.29, 1.82) is 0 Å². The molecule has 0 bridgehead atoms. The number of anilines is 2. The second kappa shape index (κ2) is 6.97. The Labute approximate surface area is 159 Å². The molecule has 2 N–H and O–H groups in total. The van der Waals surface area contributed by atoms with Crippen molar-refractivity contribution in [2.24, 2.45) is 0 Å². The Hall–Kier alpha value is -2.57. The summed E-state index contributed by atoms with van der Waals surface area (Å²) in [6, 6.07) is 8.37. The number of hydrogen-bond donors (Lipinski definition) is 2. The van der Waals surface area contributed by atoms with Crippen LogP contribution in [0.15, 0.2) is 36.4 Å². The van der Waals surface area contributed by atoms with Crippen LogP contribution in [-0.4, -0.2) is 28.9 Å². The second-order valence-electron chi connectivity index (χ2n) is 5.90. The lowest BCUT2D eigenvalue weighted by atomic mass is 10.1. The van der Waals surface area contributed by atoms with Crippen LogP contribution in [0, 0.1) is 6.92 Å². The van der Waals surface area contributed by atoms with Gasteiger partial charge in [-0.25, -0.2) is 9.69 Å². The number of nitrogens with zero attached hydrogens (tertiary/aromatic N) is 1. The van der Waals surface area contributed by atoms with E-state index in [9.17, 15) is 14.4 Å². The van der Waals surface area contributed by atoms with Gasteiger partial charge < -0.3 is 10.4 Å². The number of nitrogens with one attached hydrogen (secondary N) is 1. The highest BCUT2D eigenvalue weighted by molar-refractivity contribution is 6.42. The van der Waals surface area contributed by atoms with E-state index in [0.29, 0.717) is 21.3 Å². The number of aromatic carboxylic acids is 1. The van der Waals surface area contributed by atoms with E-state index in [-0.39, 0.29) is 17.7 Å². The Morgan fingerprint density at radius 1 is 1.15 bits per heavy atom. The zero-order valence-electron chi connectivity index (χ0n) is 13.6. The third-order valence-electron chi connectivity index (χ3n) is 4.10. The third-order valence-corrected chi connectivity index (χ3v) is 4.84. The summed E-state index contributed by atoms with van der Waals surface area (Å²) in [7, 11) is 0. The number of carbonyl (C=O) groups excluding carboxylic acids is 2. The topological polar surface area (TPSA) is 86.7 Å². The van der Waals surface area contributed by atoms with E-state index in [1.165, 1.54) is 12.1 Å². The van der Waals surface area contributed by atoms with Crippen LogP contribution < -0.4 is 10.2 Å². The van der Waals surface area contributed by atoms with Gasteiger partial charge in [0.05, 0.1) is 27.7 Å². The Morgan fingerprint density at radius 2 is 1.88 bits per heavy atom. The molecule has 134 valence electrons. The highest BCUT2D eigenvalue weighted by atomic mass is 35.5. The number of halogens is 2. The highest BCUT2D eigenvalue weighted by Gasteiger charge is 2.40. The first-order valence-electron chi connectivity index (χ1n) is 7.70. The van der Waals surface area contributed by atoms with Gasteiger partial charge in [-0.15, -0.1) is 0 Å². The number of aryl methyl sites for hydroxylation is 1. The van der Waals surface area contributed by atoms with Crippen LogP contribution in [0.4, 0.5) is 11.4 Å². The van der Waals surface area contributed by atoms with E-state index in [1.54, 1.807) is 31.2 Å². The van der Waals surface area contributed by atoms with Crippen molar-refractivity contribution in [3.63, 3.8) is 0 Å². The zero-order valence-corrected chi connectivity index (χ0v) is 15.1. The molecular formula is C18H14Cl2N2O4. The van der Waals surface area contributed by atoms with Gasteiger partial charge >= 0.3 is 5.97 Å². The van der Waals surface area contributed by atoms with Gasteiger partial charge in [0.25, 0.3) is 5.91 Å². The van der Waals surface area contributed by atoms with Gasteiger partial charge in [-0.3, -0.25) is 9.59 Å².